The predicted molar refractivity (Wildman–Crippen MR) is 60.9 cm³/mol. The number of rotatable bonds is 2. The molecule has 0 radical (unpaired) electrons. The van der Waals surface area contributed by atoms with Crippen LogP contribution in [0, 0.1) is 12.7 Å². The Bertz CT molecular complexity index is 554. The molecule has 1 aliphatic carbocycles. The first kappa shape index (κ1) is 9.85. The highest BCUT2D eigenvalue weighted by Crippen LogP contribution is 2.39. The Labute approximate surface area is 93.1 Å². The van der Waals surface area contributed by atoms with Gasteiger partial charge in [0.1, 0.15) is 5.82 Å². The van der Waals surface area contributed by atoms with Crippen LogP contribution in [0.5, 0.6) is 0 Å². The third-order valence-corrected chi connectivity index (χ3v) is 3.27. The van der Waals surface area contributed by atoms with Crippen molar-refractivity contribution in [3.8, 4) is 0 Å². The topological polar surface area (TPSA) is 36.0 Å². The molecule has 2 aromatic rings. The van der Waals surface area contributed by atoms with Gasteiger partial charge >= 0.3 is 0 Å². The Morgan fingerprint density at radius 3 is 2.81 bits per heavy atom. The number of aliphatic hydroxyl groups is 1. The molecule has 1 aliphatic rings. The highest BCUT2D eigenvalue weighted by Gasteiger charge is 2.40. The van der Waals surface area contributed by atoms with Gasteiger partial charge in [-0.3, -0.25) is 0 Å². The molecule has 0 aliphatic heterocycles. The third-order valence-electron chi connectivity index (χ3n) is 3.27. The molecule has 3 rings (SSSR count). The van der Waals surface area contributed by atoms with Crippen LogP contribution < -0.4 is 0 Å². The van der Waals surface area contributed by atoms with Crippen LogP contribution in [0.1, 0.15) is 24.1 Å². The summed E-state index contributed by atoms with van der Waals surface area (Å²) in [6.45, 7) is 1.95. The highest BCUT2D eigenvalue weighted by atomic mass is 19.1. The summed E-state index contributed by atoms with van der Waals surface area (Å²) < 4.78 is 13.8. The zero-order valence-electron chi connectivity index (χ0n) is 9.18. The van der Waals surface area contributed by atoms with Crippen molar-refractivity contribution in [2.24, 2.45) is 0 Å². The molecule has 1 fully saturated rings. The van der Waals surface area contributed by atoms with Gasteiger partial charge in [0.15, 0.2) is 0 Å². The minimum absolute atomic E-state index is 0.216. The van der Waals surface area contributed by atoms with E-state index in [2.05, 4.69) is 4.98 Å². The fourth-order valence-electron chi connectivity index (χ4n) is 2.15. The van der Waals surface area contributed by atoms with Crippen LogP contribution in [-0.4, -0.2) is 15.7 Å². The van der Waals surface area contributed by atoms with Crippen molar-refractivity contribution in [3.05, 3.63) is 35.3 Å². The maximum atomic E-state index is 13.8. The molecule has 0 saturated heterocycles. The number of H-pyrrole nitrogens is 1. The second kappa shape index (κ2) is 3.08. The normalized spacial score (nSPS) is 17.9. The Balaban J connectivity index is 2.06. The Morgan fingerprint density at radius 2 is 2.12 bits per heavy atom. The van der Waals surface area contributed by atoms with Crippen LogP contribution >= 0.6 is 0 Å². The van der Waals surface area contributed by atoms with Gasteiger partial charge < -0.3 is 10.1 Å². The maximum absolute atomic E-state index is 13.8. The fraction of sp³-hybridized carbons (Fsp3) is 0.385. The van der Waals surface area contributed by atoms with Crippen molar-refractivity contribution in [1.29, 1.82) is 0 Å². The van der Waals surface area contributed by atoms with E-state index in [-0.39, 0.29) is 5.82 Å². The number of fused-ring (bicyclic) bond motifs is 1. The van der Waals surface area contributed by atoms with Crippen LogP contribution in [0.3, 0.4) is 0 Å². The lowest BCUT2D eigenvalue weighted by Gasteiger charge is -2.08. The quantitative estimate of drug-likeness (QED) is 0.800. The van der Waals surface area contributed by atoms with Gasteiger partial charge in [0.05, 0.1) is 5.60 Å². The lowest BCUT2D eigenvalue weighted by atomic mass is 10.0. The van der Waals surface area contributed by atoms with E-state index < -0.39 is 5.60 Å². The fourth-order valence-corrected chi connectivity index (χ4v) is 2.15. The summed E-state index contributed by atoms with van der Waals surface area (Å²) in [6, 6.07) is 5.28. The number of benzene rings is 1. The van der Waals surface area contributed by atoms with Crippen molar-refractivity contribution >= 4 is 10.9 Å². The van der Waals surface area contributed by atoms with Crippen LogP contribution in [0.15, 0.2) is 18.2 Å². The van der Waals surface area contributed by atoms with Crippen LogP contribution in [0.4, 0.5) is 4.39 Å². The van der Waals surface area contributed by atoms with Gasteiger partial charge in [-0.05, 0) is 43.5 Å². The molecule has 84 valence electrons. The van der Waals surface area contributed by atoms with Crippen LogP contribution in [0.2, 0.25) is 0 Å². The van der Waals surface area contributed by atoms with E-state index >= 15 is 0 Å². The summed E-state index contributed by atoms with van der Waals surface area (Å²) in [6.07, 6.45) is 2.00. The summed E-state index contributed by atoms with van der Waals surface area (Å²) in [5.74, 6) is -0.216. The molecule has 0 amide bonds. The van der Waals surface area contributed by atoms with E-state index in [4.69, 9.17) is 0 Å². The molecule has 0 atom stereocenters. The van der Waals surface area contributed by atoms with Gasteiger partial charge in [0, 0.05) is 23.0 Å². The highest BCUT2D eigenvalue weighted by molar-refractivity contribution is 5.81. The molecular formula is C13H14FNO. The molecule has 2 nitrogen and oxygen atoms in total. The second-order valence-corrected chi connectivity index (χ2v) is 4.88. The minimum atomic E-state index is -0.643. The van der Waals surface area contributed by atoms with E-state index in [1.165, 1.54) is 0 Å². The SMILES string of the molecule is Cc1cc2cc(F)c(CC3(O)CC3)cc2[nH]1. The van der Waals surface area contributed by atoms with Gasteiger partial charge in [-0.2, -0.15) is 0 Å². The molecule has 3 heteroatoms. The van der Waals surface area contributed by atoms with Crippen LogP contribution in [0.25, 0.3) is 10.9 Å². The number of hydrogen-bond donors (Lipinski definition) is 2. The first-order chi connectivity index (χ1) is 7.56. The van der Waals surface area contributed by atoms with E-state index in [9.17, 15) is 9.50 Å². The first-order valence-corrected chi connectivity index (χ1v) is 5.56. The molecular weight excluding hydrogens is 205 g/mol. The standard InChI is InChI=1S/C13H14FNO/c1-8-4-9-5-11(14)10(6-12(9)15-8)7-13(16)2-3-13/h4-6,15-16H,2-3,7H2,1H3. The number of halogens is 1. The first-order valence-electron chi connectivity index (χ1n) is 5.56. The lowest BCUT2D eigenvalue weighted by molar-refractivity contribution is 0.150. The molecule has 0 unspecified atom stereocenters. The molecule has 0 spiro atoms. The van der Waals surface area contributed by atoms with Gasteiger partial charge in [-0.25, -0.2) is 4.39 Å². The van der Waals surface area contributed by atoms with Gasteiger partial charge in [-0.1, -0.05) is 0 Å². The molecule has 1 aromatic heterocycles. The largest absolute Gasteiger partial charge is 0.390 e. The monoisotopic (exact) mass is 219 g/mol. The summed E-state index contributed by atoms with van der Waals surface area (Å²) in [5.41, 5.74) is 1.93. The second-order valence-electron chi connectivity index (χ2n) is 4.88. The van der Waals surface area contributed by atoms with Crippen molar-refractivity contribution in [2.45, 2.75) is 31.8 Å². The number of nitrogens with one attached hydrogen (secondary N) is 1. The van der Waals surface area contributed by atoms with E-state index in [0.717, 1.165) is 29.4 Å². The van der Waals surface area contributed by atoms with E-state index in [0.29, 0.717) is 12.0 Å². The Kier molecular flexibility index (Phi) is 1.89. The number of aryl methyl sites for hydroxylation is 1. The number of aromatic nitrogens is 1. The van der Waals surface area contributed by atoms with Crippen molar-refractivity contribution < 1.29 is 9.50 Å². The zero-order chi connectivity index (χ0) is 11.3. The molecule has 1 aromatic carbocycles. The van der Waals surface area contributed by atoms with Crippen LogP contribution in [-0.2, 0) is 6.42 Å². The molecule has 1 heterocycles. The average Bonchev–Trinajstić information content (AvgIpc) is 2.80. The van der Waals surface area contributed by atoms with E-state index in [1.807, 2.05) is 19.1 Å². The summed E-state index contributed by atoms with van der Waals surface area (Å²) in [7, 11) is 0. The molecule has 2 N–H and O–H groups in total. The zero-order valence-corrected chi connectivity index (χ0v) is 9.18. The van der Waals surface area contributed by atoms with Crippen molar-refractivity contribution in [3.63, 3.8) is 0 Å². The predicted octanol–water partition coefficient (Wildman–Crippen LogP) is 2.68. The third kappa shape index (κ3) is 1.61. The van der Waals surface area contributed by atoms with E-state index in [1.54, 1.807) is 6.07 Å². The van der Waals surface area contributed by atoms with Gasteiger partial charge in [-0.15, -0.1) is 0 Å². The Morgan fingerprint density at radius 1 is 1.38 bits per heavy atom. The van der Waals surface area contributed by atoms with Crippen molar-refractivity contribution in [2.75, 3.05) is 0 Å². The van der Waals surface area contributed by atoms with Gasteiger partial charge in [0.25, 0.3) is 0 Å². The average molecular weight is 219 g/mol. The maximum Gasteiger partial charge on any atom is 0.127 e. The summed E-state index contributed by atoms with van der Waals surface area (Å²) in [5, 5.41) is 10.7. The lowest BCUT2D eigenvalue weighted by Crippen LogP contribution is -2.11. The Hall–Kier alpha value is -1.35. The molecule has 0 bridgehead atoms. The molecule has 1 saturated carbocycles. The summed E-state index contributed by atoms with van der Waals surface area (Å²) >= 11 is 0. The smallest absolute Gasteiger partial charge is 0.127 e. The number of aromatic amines is 1. The summed E-state index contributed by atoms with van der Waals surface area (Å²) in [4.78, 5) is 3.18. The number of hydrogen-bond acceptors (Lipinski definition) is 1. The van der Waals surface area contributed by atoms with Gasteiger partial charge in [0.2, 0.25) is 0 Å². The van der Waals surface area contributed by atoms with Crippen molar-refractivity contribution in [1.82, 2.24) is 4.98 Å². The molecule has 16 heavy (non-hydrogen) atoms. The minimum Gasteiger partial charge on any atom is -0.390 e.